The minimum atomic E-state index is 0.0406. The molecule has 2 aromatic rings. The van der Waals surface area contributed by atoms with Gasteiger partial charge in [-0.2, -0.15) is 0 Å². The molecule has 88 valence electrons. The molecule has 1 aromatic heterocycles. The van der Waals surface area contributed by atoms with Crippen LogP contribution in [0.4, 0.5) is 0 Å². The van der Waals surface area contributed by atoms with Crippen molar-refractivity contribution in [2.75, 3.05) is 0 Å². The molecule has 0 bridgehead atoms. The molecule has 2 nitrogen and oxygen atoms in total. The quantitative estimate of drug-likeness (QED) is 0.786. The van der Waals surface area contributed by atoms with Gasteiger partial charge in [0.15, 0.2) is 5.78 Å². The summed E-state index contributed by atoms with van der Waals surface area (Å²) in [5.74, 6) is 0.0406. The van der Waals surface area contributed by atoms with Crippen molar-refractivity contribution in [2.24, 2.45) is 0 Å². The van der Waals surface area contributed by atoms with E-state index in [1.54, 1.807) is 29.5 Å². The highest BCUT2D eigenvalue weighted by Crippen LogP contribution is 2.23. The number of hydrogen-bond acceptors (Lipinski definition) is 3. The lowest BCUT2D eigenvalue weighted by Gasteiger charge is -2.02. The average molecular weight is 331 g/mol. The van der Waals surface area contributed by atoms with Gasteiger partial charge in [-0.3, -0.25) is 4.79 Å². The Bertz CT molecular complexity index is 567. The smallest absolute Gasteiger partial charge is 0.169 e. The van der Waals surface area contributed by atoms with Gasteiger partial charge >= 0.3 is 0 Å². The molecule has 0 aliphatic carbocycles. The molecule has 0 amide bonds. The van der Waals surface area contributed by atoms with Crippen LogP contribution in [0.5, 0.6) is 0 Å². The van der Waals surface area contributed by atoms with Gasteiger partial charge in [0.05, 0.1) is 17.1 Å². The van der Waals surface area contributed by atoms with Crippen LogP contribution in [-0.2, 0) is 6.42 Å². The summed E-state index contributed by atoms with van der Waals surface area (Å²) in [6.45, 7) is 1.93. The number of aryl methyl sites for hydroxylation is 1. The molecule has 0 aliphatic rings. The predicted molar refractivity (Wildman–Crippen MR) is 74.0 cm³/mol. The fraction of sp³-hybridized carbons (Fsp3) is 0.167. The number of rotatable bonds is 3. The monoisotopic (exact) mass is 329 g/mol. The molecule has 0 saturated carbocycles. The summed E-state index contributed by atoms with van der Waals surface area (Å²) in [5.41, 5.74) is 1.46. The van der Waals surface area contributed by atoms with Crippen molar-refractivity contribution in [1.29, 1.82) is 0 Å². The summed E-state index contributed by atoms with van der Waals surface area (Å²) < 4.78 is 0.724. The molecule has 0 atom stereocenters. The van der Waals surface area contributed by atoms with Crippen molar-refractivity contribution >= 4 is 44.7 Å². The van der Waals surface area contributed by atoms with Gasteiger partial charge in [-0.15, -0.1) is 11.3 Å². The highest BCUT2D eigenvalue weighted by Gasteiger charge is 2.12. The van der Waals surface area contributed by atoms with Crippen LogP contribution < -0.4 is 0 Å². The second kappa shape index (κ2) is 5.29. The van der Waals surface area contributed by atoms with Crippen LogP contribution in [0.1, 0.15) is 21.1 Å². The zero-order chi connectivity index (χ0) is 12.4. The fourth-order valence-corrected chi connectivity index (χ4v) is 2.98. The summed E-state index contributed by atoms with van der Waals surface area (Å²) in [5, 5.41) is 3.50. The zero-order valence-electron chi connectivity index (χ0n) is 9.04. The van der Waals surface area contributed by atoms with E-state index in [2.05, 4.69) is 20.9 Å². The van der Waals surface area contributed by atoms with E-state index in [1.807, 2.05) is 12.3 Å². The van der Waals surface area contributed by atoms with E-state index in [9.17, 15) is 4.79 Å². The molecule has 5 heteroatoms. The first-order valence-corrected chi connectivity index (χ1v) is 7.00. The third kappa shape index (κ3) is 3.15. The number of Topliss-reactive ketones (excluding diaryl/α,β-unsaturated/α-hetero) is 1. The molecule has 0 fully saturated rings. The molecular weight excluding hydrogens is 322 g/mol. The molecule has 0 spiro atoms. The Hall–Kier alpha value is -0.710. The summed E-state index contributed by atoms with van der Waals surface area (Å²) in [4.78, 5) is 16.3. The maximum atomic E-state index is 12.0. The fourth-order valence-electron chi connectivity index (χ4n) is 1.46. The van der Waals surface area contributed by atoms with Crippen LogP contribution in [0.3, 0.4) is 0 Å². The first kappa shape index (κ1) is 12.7. The molecule has 0 saturated heterocycles. The van der Waals surface area contributed by atoms with Gasteiger partial charge in [-0.05, 0) is 41.1 Å². The van der Waals surface area contributed by atoms with Crippen molar-refractivity contribution < 1.29 is 4.79 Å². The number of ketones is 1. The molecule has 17 heavy (non-hydrogen) atoms. The van der Waals surface area contributed by atoms with Gasteiger partial charge in [0.1, 0.15) is 0 Å². The van der Waals surface area contributed by atoms with Crippen molar-refractivity contribution in [3.63, 3.8) is 0 Å². The lowest BCUT2D eigenvalue weighted by molar-refractivity contribution is 0.0991. The van der Waals surface area contributed by atoms with Gasteiger partial charge in [-0.25, -0.2) is 4.98 Å². The molecule has 0 unspecified atom stereocenters. The topological polar surface area (TPSA) is 30.0 Å². The first-order chi connectivity index (χ1) is 8.06. The van der Waals surface area contributed by atoms with Crippen LogP contribution in [-0.4, -0.2) is 10.8 Å². The minimum Gasteiger partial charge on any atom is -0.294 e. The van der Waals surface area contributed by atoms with Gasteiger partial charge in [-0.1, -0.05) is 11.6 Å². The number of thiazole rings is 1. The number of hydrogen-bond donors (Lipinski definition) is 0. The second-order valence-corrected chi connectivity index (χ2v) is 5.93. The molecule has 0 radical (unpaired) electrons. The Labute approximate surface area is 117 Å². The molecule has 2 rings (SSSR count). The van der Waals surface area contributed by atoms with E-state index >= 15 is 0 Å². The van der Waals surface area contributed by atoms with Gasteiger partial charge < -0.3 is 0 Å². The van der Waals surface area contributed by atoms with Crippen molar-refractivity contribution in [3.8, 4) is 0 Å². The summed E-state index contributed by atoms with van der Waals surface area (Å²) in [6.07, 6.45) is 0.324. The summed E-state index contributed by atoms with van der Waals surface area (Å²) in [6, 6.07) is 5.17. The van der Waals surface area contributed by atoms with E-state index in [1.165, 1.54) is 0 Å². The van der Waals surface area contributed by atoms with E-state index in [4.69, 9.17) is 11.6 Å². The third-order valence-corrected chi connectivity index (χ3v) is 3.95. The average Bonchev–Trinajstić information content (AvgIpc) is 2.63. The largest absolute Gasteiger partial charge is 0.294 e. The van der Waals surface area contributed by atoms with Crippen LogP contribution >= 0.6 is 38.9 Å². The molecular formula is C12H9BrClNOS. The molecule has 1 heterocycles. The lowest BCUT2D eigenvalue weighted by atomic mass is 10.1. The van der Waals surface area contributed by atoms with Crippen LogP contribution in [0, 0.1) is 6.92 Å². The Morgan fingerprint density at radius 2 is 2.29 bits per heavy atom. The van der Waals surface area contributed by atoms with Gasteiger partial charge in [0, 0.05) is 20.4 Å². The minimum absolute atomic E-state index is 0.0406. The molecule has 0 N–H and O–H groups in total. The maximum Gasteiger partial charge on any atom is 0.169 e. The van der Waals surface area contributed by atoms with Crippen LogP contribution in [0.2, 0.25) is 5.02 Å². The van der Waals surface area contributed by atoms with E-state index in [0.717, 1.165) is 15.2 Å². The first-order valence-electron chi connectivity index (χ1n) is 4.95. The highest BCUT2D eigenvalue weighted by atomic mass is 79.9. The number of carbonyl (C=O) groups excluding carboxylic acids is 1. The van der Waals surface area contributed by atoms with E-state index in [0.29, 0.717) is 17.0 Å². The van der Waals surface area contributed by atoms with Crippen LogP contribution in [0.25, 0.3) is 0 Å². The van der Waals surface area contributed by atoms with E-state index < -0.39 is 0 Å². The van der Waals surface area contributed by atoms with Gasteiger partial charge in [0.25, 0.3) is 0 Å². The number of carbonyl (C=O) groups is 1. The van der Waals surface area contributed by atoms with Crippen molar-refractivity contribution in [3.05, 3.63) is 49.3 Å². The SMILES string of the molecule is Cc1nc(CC(=O)c2ccc(Cl)cc2Br)cs1. The van der Waals surface area contributed by atoms with Crippen molar-refractivity contribution in [2.45, 2.75) is 13.3 Å². The van der Waals surface area contributed by atoms with Crippen LogP contribution in [0.15, 0.2) is 28.1 Å². The third-order valence-electron chi connectivity index (χ3n) is 2.24. The number of aromatic nitrogens is 1. The highest BCUT2D eigenvalue weighted by molar-refractivity contribution is 9.10. The summed E-state index contributed by atoms with van der Waals surface area (Å²) in [7, 11) is 0. The number of benzene rings is 1. The predicted octanol–water partition coefficient (Wildman–Crippen LogP) is 4.29. The molecule has 0 aliphatic heterocycles. The Morgan fingerprint density at radius 3 is 2.88 bits per heavy atom. The summed E-state index contributed by atoms with van der Waals surface area (Å²) >= 11 is 10.7. The maximum absolute atomic E-state index is 12.0. The lowest BCUT2D eigenvalue weighted by Crippen LogP contribution is -2.04. The molecule has 1 aromatic carbocycles. The normalized spacial score (nSPS) is 10.5. The number of nitrogens with zero attached hydrogens (tertiary/aromatic N) is 1. The Kier molecular flexibility index (Phi) is 3.97. The second-order valence-electron chi connectivity index (χ2n) is 3.58. The Balaban J connectivity index is 2.20. The number of halogens is 2. The standard InChI is InChI=1S/C12H9BrClNOS/c1-7-15-9(6-17-7)5-12(16)10-3-2-8(14)4-11(10)13/h2-4,6H,5H2,1H3. The van der Waals surface area contributed by atoms with Crippen molar-refractivity contribution in [1.82, 2.24) is 4.98 Å². The zero-order valence-corrected chi connectivity index (χ0v) is 12.2. The van der Waals surface area contributed by atoms with E-state index in [-0.39, 0.29) is 5.78 Å². The Morgan fingerprint density at radius 1 is 1.53 bits per heavy atom. The van der Waals surface area contributed by atoms with Gasteiger partial charge in [0.2, 0.25) is 0 Å².